The molecule has 2 fully saturated rings. The van der Waals surface area contributed by atoms with Crippen LogP contribution in [0.3, 0.4) is 0 Å². The number of likely N-dealkylation sites (N-methyl/N-ethyl adjacent to an activating group) is 2. The van der Waals surface area contributed by atoms with Crippen LogP contribution < -0.4 is 10.1 Å². The lowest BCUT2D eigenvalue weighted by Crippen LogP contribution is -2.42. The molecule has 26 heavy (non-hydrogen) atoms. The number of hydrogen-bond donors (Lipinski definition) is 1. The van der Waals surface area contributed by atoms with Gasteiger partial charge in [-0.3, -0.25) is 14.7 Å². The fraction of sp³-hybridized carbons (Fsp3) is 0.700. The van der Waals surface area contributed by atoms with Gasteiger partial charge < -0.3 is 15.0 Å². The lowest BCUT2D eigenvalue weighted by Gasteiger charge is -2.33. The van der Waals surface area contributed by atoms with Crippen molar-refractivity contribution in [1.82, 2.24) is 20.1 Å². The Balaban J connectivity index is 1.70. The monoisotopic (exact) mass is 360 g/mol. The molecule has 0 bridgehead atoms. The molecule has 1 aromatic rings. The van der Waals surface area contributed by atoms with E-state index in [0.29, 0.717) is 12.0 Å². The Morgan fingerprint density at radius 2 is 2.12 bits per heavy atom. The number of piperidine rings is 1. The summed E-state index contributed by atoms with van der Waals surface area (Å²) in [7, 11) is 5.66. The number of hydrogen-bond acceptors (Lipinski definition) is 5. The molecule has 0 aliphatic carbocycles. The van der Waals surface area contributed by atoms with Gasteiger partial charge in [-0.2, -0.15) is 0 Å². The summed E-state index contributed by atoms with van der Waals surface area (Å²) in [5.41, 5.74) is 3.25. The molecule has 0 radical (unpaired) electrons. The Morgan fingerprint density at radius 3 is 2.77 bits per heavy atom. The Bertz CT molecular complexity index is 670. The van der Waals surface area contributed by atoms with Gasteiger partial charge in [-0.15, -0.1) is 0 Å². The van der Waals surface area contributed by atoms with Gasteiger partial charge in [0.25, 0.3) is 0 Å². The number of aromatic nitrogens is 1. The summed E-state index contributed by atoms with van der Waals surface area (Å²) in [6.45, 7) is 7.67. The zero-order chi connectivity index (χ0) is 18.9. The highest BCUT2D eigenvalue weighted by Gasteiger charge is 2.46. The number of pyridine rings is 1. The van der Waals surface area contributed by atoms with Gasteiger partial charge in [-0.05, 0) is 58.7 Å². The maximum atomic E-state index is 13.1. The number of rotatable bonds is 4. The predicted molar refractivity (Wildman–Crippen MR) is 102 cm³/mol. The molecule has 1 amide bonds. The van der Waals surface area contributed by atoms with Crippen LogP contribution in [0.1, 0.15) is 36.1 Å². The average molecular weight is 361 g/mol. The van der Waals surface area contributed by atoms with E-state index in [1.54, 1.807) is 7.11 Å². The summed E-state index contributed by atoms with van der Waals surface area (Å²) in [5.74, 6) is 1.06. The average Bonchev–Trinajstić information content (AvgIpc) is 2.93. The van der Waals surface area contributed by atoms with Crippen LogP contribution in [0.2, 0.25) is 0 Å². The zero-order valence-electron chi connectivity index (χ0n) is 16.8. The van der Waals surface area contributed by atoms with Crippen LogP contribution in [-0.2, 0) is 11.3 Å². The second-order valence-corrected chi connectivity index (χ2v) is 8.13. The third-order valence-electron chi connectivity index (χ3n) is 6.21. The van der Waals surface area contributed by atoms with Crippen LogP contribution in [-0.4, -0.2) is 67.6 Å². The van der Waals surface area contributed by atoms with Crippen LogP contribution in [0, 0.1) is 19.3 Å². The molecule has 1 spiro atoms. The Hall–Kier alpha value is -1.66. The molecule has 1 unspecified atom stereocenters. The van der Waals surface area contributed by atoms with E-state index >= 15 is 0 Å². The Morgan fingerprint density at radius 1 is 1.42 bits per heavy atom. The minimum Gasteiger partial charge on any atom is -0.496 e. The lowest BCUT2D eigenvalue weighted by molar-refractivity contribution is -0.134. The number of aryl methyl sites for hydroxylation is 1. The molecule has 2 aliphatic heterocycles. The number of likely N-dealkylation sites (tertiary alicyclic amines) is 1. The van der Waals surface area contributed by atoms with E-state index in [-0.39, 0.29) is 11.9 Å². The summed E-state index contributed by atoms with van der Waals surface area (Å²) in [6.07, 6.45) is 5.13. The SMILES string of the molecule is COc1c(C)cnc(CN(C)C(=O)C2CC3(CCNCC3)CN2C)c1C. The van der Waals surface area contributed by atoms with E-state index in [0.717, 1.165) is 48.6 Å². The molecule has 144 valence electrons. The highest BCUT2D eigenvalue weighted by Crippen LogP contribution is 2.41. The molecule has 1 aromatic heterocycles. The molecule has 1 N–H and O–H groups in total. The number of amides is 1. The summed E-state index contributed by atoms with van der Waals surface area (Å²) in [4.78, 5) is 21.7. The first kappa shape index (κ1) is 19.1. The van der Waals surface area contributed by atoms with E-state index in [4.69, 9.17) is 4.74 Å². The zero-order valence-corrected chi connectivity index (χ0v) is 16.8. The molecule has 3 heterocycles. The normalized spacial score (nSPS) is 22.6. The van der Waals surface area contributed by atoms with Crippen molar-refractivity contribution in [3.8, 4) is 5.75 Å². The summed E-state index contributed by atoms with van der Waals surface area (Å²) < 4.78 is 5.49. The maximum absolute atomic E-state index is 13.1. The van der Waals surface area contributed by atoms with Crippen molar-refractivity contribution in [3.63, 3.8) is 0 Å². The molecule has 6 nitrogen and oxygen atoms in total. The molecule has 6 heteroatoms. The van der Waals surface area contributed by atoms with Gasteiger partial charge in [-0.1, -0.05) is 0 Å². The van der Waals surface area contributed by atoms with Crippen molar-refractivity contribution in [2.45, 2.75) is 45.7 Å². The first-order valence-corrected chi connectivity index (χ1v) is 9.52. The lowest BCUT2D eigenvalue weighted by atomic mass is 9.77. The van der Waals surface area contributed by atoms with Crippen molar-refractivity contribution >= 4 is 5.91 Å². The molecule has 2 aliphatic rings. The van der Waals surface area contributed by atoms with E-state index in [1.165, 1.54) is 12.8 Å². The molecular formula is C20H32N4O2. The van der Waals surface area contributed by atoms with Crippen molar-refractivity contribution in [1.29, 1.82) is 0 Å². The quantitative estimate of drug-likeness (QED) is 0.886. The number of methoxy groups -OCH3 is 1. The Labute approximate surface area is 156 Å². The first-order valence-electron chi connectivity index (χ1n) is 9.52. The number of ether oxygens (including phenoxy) is 1. The molecule has 0 saturated carbocycles. The van der Waals surface area contributed by atoms with Crippen molar-refractivity contribution in [2.24, 2.45) is 5.41 Å². The second-order valence-electron chi connectivity index (χ2n) is 8.13. The van der Waals surface area contributed by atoms with Gasteiger partial charge in [0.15, 0.2) is 0 Å². The van der Waals surface area contributed by atoms with E-state index in [1.807, 2.05) is 32.0 Å². The fourth-order valence-corrected chi connectivity index (χ4v) is 4.65. The van der Waals surface area contributed by atoms with Crippen LogP contribution in [0.4, 0.5) is 0 Å². The number of nitrogens with zero attached hydrogens (tertiary/aromatic N) is 3. The summed E-state index contributed by atoms with van der Waals surface area (Å²) in [5, 5.41) is 3.44. The summed E-state index contributed by atoms with van der Waals surface area (Å²) in [6, 6.07) is -0.0225. The minimum atomic E-state index is -0.0225. The number of carbonyl (C=O) groups is 1. The maximum Gasteiger partial charge on any atom is 0.240 e. The molecule has 0 aromatic carbocycles. The number of nitrogens with one attached hydrogen (secondary N) is 1. The first-order chi connectivity index (χ1) is 12.4. The largest absolute Gasteiger partial charge is 0.496 e. The van der Waals surface area contributed by atoms with Crippen LogP contribution in [0.15, 0.2) is 6.20 Å². The van der Waals surface area contributed by atoms with Crippen molar-refractivity contribution < 1.29 is 9.53 Å². The Kier molecular flexibility index (Phi) is 5.53. The molecular weight excluding hydrogens is 328 g/mol. The van der Waals surface area contributed by atoms with Crippen LogP contribution in [0.5, 0.6) is 5.75 Å². The standard InChI is InChI=1S/C20H32N4O2/c1-14-11-22-16(15(2)18(14)26-5)12-23(3)19(25)17-10-20(13-24(17)4)6-8-21-9-7-20/h11,17,21H,6-10,12-13H2,1-5H3. The predicted octanol–water partition coefficient (Wildman–Crippen LogP) is 1.74. The molecule has 2 saturated heterocycles. The molecule has 3 rings (SSSR count). The van der Waals surface area contributed by atoms with Crippen molar-refractivity contribution in [3.05, 3.63) is 23.0 Å². The summed E-state index contributed by atoms with van der Waals surface area (Å²) >= 11 is 0. The van der Waals surface area contributed by atoms with Gasteiger partial charge in [-0.25, -0.2) is 0 Å². The fourth-order valence-electron chi connectivity index (χ4n) is 4.65. The van der Waals surface area contributed by atoms with Gasteiger partial charge in [0.2, 0.25) is 5.91 Å². The van der Waals surface area contributed by atoms with E-state index in [2.05, 4.69) is 22.2 Å². The van der Waals surface area contributed by atoms with E-state index < -0.39 is 0 Å². The third kappa shape index (κ3) is 3.58. The van der Waals surface area contributed by atoms with Gasteiger partial charge in [0.1, 0.15) is 5.75 Å². The van der Waals surface area contributed by atoms with Gasteiger partial charge in [0.05, 0.1) is 25.4 Å². The highest BCUT2D eigenvalue weighted by molar-refractivity contribution is 5.82. The van der Waals surface area contributed by atoms with Crippen molar-refractivity contribution in [2.75, 3.05) is 40.8 Å². The topological polar surface area (TPSA) is 57.7 Å². The minimum absolute atomic E-state index is 0.0225. The van der Waals surface area contributed by atoms with E-state index in [9.17, 15) is 4.79 Å². The van der Waals surface area contributed by atoms with Crippen LogP contribution in [0.25, 0.3) is 0 Å². The van der Waals surface area contributed by atoms with Gasteiger partial charge in [0, 0.05) is 30.9 Å². The second kappa shape index (κ2) is 7.53. The highest BCUT2D eigenvalue weighted by atomic mass is 16.5. The van der Waals surface area contributed by atoms with Gasteiger partial charge >= 0.3 is 0 Å². The number of carbonyl (C=O) groups excluding carboxylic acids is 1. The smallest absolute Gasteiger partial charge is 0.240 e. The molecule has 1 atom stereocenters. The van der Waals surface area contributed by atoms with Crippen LogP contribution >= 0.6 is 0 Å². The third-order valence-corrected chi connectivity index (χ3v) is 6.21.